The predicted molar refractivity (Wildman–Crippen MR) is 87.4 cm³/mol. The number of hydrogen-bond donors (Lipinski definition) is 1. The van der Waals surface area contributed by atoms with Crippen molar-refractivity contribution in [1.29, 1.82) is 0 Å². The normalized spacial score (nSPS) is 11.2. The van der Waals surface area contributed by atoms with Crippen LogP contribution in [0.3, 0.4) is 0 Å². The number of nitrogens with zero attached hydrogens (tertiary/aromatic N) is 1. The van der Waals surface area contributed by atoms with Crippen molar-refractivity contribution in [2.45, 2.75) is 27.7 Å². The van der Waals surface area contributed by atoms with Gasteiger partial charge < -0.3 is 10.6 Å². The van der Waals surface area contributed by atoms with Gasteiger partial charge in [-0.2, -0.15) is 0 Å². The van der Waals surface area contributed by atoms with Crippen molar-refractivity contribution in [1.82, 2.24) is 4.90 Å². The first-order valence-electron chi connectivity index (χ1n) is 7.02. The van der Waals surface area contributed by atoms with Crippen LogP contribution in [0.4, 0.5) is 5.69 Å². The monoisotopic (exact) mass is 290 g/mol. The average Bonchev–Trinajstić information content (AvgIpc) is 2.72. The Bertz CT molecular complexity index is 631. The van der Waals surface area contributed by atoms with E-state index in [0.717, 1.165) is 22.2 Å². The number of hydrogen-bond acceptors (Lipinski definition) is 3. The zero-order valence-corrected chi connectivity index (χ0v) is 13.4. The average molecular weight is 290 g/mol. The lowest BCUT2D eigenvalue weighted by Gasteiger charge is -2.22. The highest BCUT2D eigenvalue weighted by Crippen LogP contribution is 2.35. The molecule has 1 aromatic carbocycles. The fraction of sp³-hybridized carbons (Fsp3) is 0.438. The Labute approximate surface area is 124 Å². The third-order valence-electron chi connectivity index (χ3n) is 3.33. The molecule has 0 unspecified atom stereocenters. The number of amides is 1. The van der Waals surface area contributed by atoms with Crippen molar-refractivity contribution in [2.24, 2.45) is 5.92 Å². The van der Waals surface area contributed by atoms with Crippen molar-refractivity contribution < 1.29 is 4.79 Å². The van der Waals surface area contributed by atoms with Gasteiger partial charge >= 0.3 is 0 Å². The van der Waals surface area contributed by atoms with Crippen LogP contribution in [0, 0.1) is 12.8 Å². The minimum Gasteiger partial charge on any atom is -0.397 e. The first kappa shape index (κ1) is 14.9. The molecular weight excluding hydrogens is 268 g/mol. The number of nitrogens with two attached hydrogens (primary N) is 1. The predicted octanol–water partition coefficient (Wildman–Crippen LogP) is 3.91. The van der Waals surface area contributed by atoms with Crippen LogP contribution in [0.25, 0.3) is 10.1 Å². The number of benzene rings is 1. The molecule has 0 spiro atoms. The molecule has 0 saturated heterocycles. The Morgan fingerprint density at radius 3 is 2.70 bits per heavy atom. The van der Waals surface area contributed by atoms with Gasteiger partial charge in [-0.05, 0) is 31.9 Å². The fourth-order valence-corrected chi connectivity index (χ4v) is 3.40. The molecule has 108 valence electrons. The topological polar surface area (TPSA) is 46.3 Å². The summed E-state index contributed by atoms with van der Waals surface area (Å²) in [7, 11) is 0. The highest BCUT2D eigenvalue weighted by molar-refractivity contribution is 7.21. The van der Waals surface area contributed by atoms with Gasteiger partial charge in [0.25, 0.3) is 5.91 Å². The summed E-state index contributed by atoms with van der Waals surface area (Å²) in [6, 6.07) is 6.15. The van der Waals surface area contributed by atoms with Crippen LogP contribution in [0.15, 0.2) is 18.2 Å². The van der Waals surface area contributed by atoms with Crippen molar-refractivity contribution in [3.05, 3.63) is 28.6 Å². The van der Waals surface area contributed by atoms with Crippen LogP contribution in [0.5, 0.6) is 0 Å². The number of rotatable bonds is 4. The molecule has 0 aliphatic heterocycles. The van der Waals surface area contributed by atoms with E-state index in [1.807, 2.05) is 24.8 Å². The molecule has 2 aromatic rings. The van der Waals surface area contributed by atoms with E-state index < -0.39 is 0 Å². The maximum Gasteiger partial charge on any atom is 0.266 e. The summed E-state index contributed by atoms with van der Waals surface area (Å²) in [6.45, 7) is 9.76. The first-order chi connectivity index (χ1) is 9.43. The quantitative estimate of drug-likeness (QED) is 0.928. The first-order valence-corrected chi connectivity index (χ1v) is 7.83. The zero-order chi connectivity index (χ0) is 14.9. The van der Waals surface area contributed by atoms with Gasteiger partial charge in [0, 0.05) is 23.2 Å². The molecule has 0 saturated carbocycles. The van der Waals surface area contributed by atoms with Crippen LogP contribution >= 0.6 is 11.3 Å². The highest BCUT2D eigenvalue weighted by Gasteiger charge is 2.21. The van der Waals surface area contributed by atoms with Gasteiger partial charge in [-0.1, -0.05) is 25.5 Å². The van der Waals surface area contributed by atoms with E-state index in [9.17, 15) is 4.79 Å². The smallest absolute Gasteiger partial charge is 0.266 e. The summed E-state index contributed by atoms with van der Waals surface area (Å²) in [5.41, 5.74) is 7.98. The highest BCUT2D eigenvalue weighted by atomic mass is 32.1. The van der Waals surface area contributed by atoms with Crippen LogP contribution in [-0.2, 0) is 0 Å². The van der Waals surface area contributed by atoms with Crippen molar-refractivity contribution in [3.63, 3.8) is 0 Å². The molecule has 0 aliphatic rings. The lowest BCUT2D eigenvalue weighted by molar-refractivity contribution is 0.0751. The summed E-state index contributed by atoms with van der Waals surface area (Å²) < 4.78 is 1.08. The second-order valence-electron chi connectivity index (χ2n) is 5.58. The fourth-order valence-electron chi connectivity index (χ4n) is 2.33. The van der Waals surface area contributed by atoms with Crippen molar-refractivity contribution >= 4 is 33.0 Å². The Morgan fingerprint density at radius 1 is 1.40 bits per heavy atom. The third kappa shape index (κ3) is 2.80. The van der Waals surface area contributed by atoms with E-state index in [1.165, 1.54) is 11.3 Å². The van der Waals surface area contributed by atoms with E-state index in [1.54, 1.807) is 0 Å². The molecule has 0 atom stereocenters. The summed E-state index contributed by atoms with van der Waals surface area (Å²) in [5, 5.41) is 0.999. The number of aryl methyl sites for hydroxylation is 1. The number of carbonyl (C=O) groups excluding carboxylic acids is 1. The zero-order valence-electron chi connectivity index (χ0n) is 12.6. The van der Waals surface area contributed by atoms with E-state index in [2.05, 4.69) is 26.0 Å². The van der Waals surface area contributed by atoms with Crippen LogP contribution in [0.2, 0.25) is 0 Å². The molecule has 0 radical (unpaired) electrons. The van der Waals surface area contributed by atoms with Gasteiger partial charge in [-0.25, -0.2) is 0 Å². The lowest BCUT2D eigenvalue weighted by Crippen LogP contribution is -2.33. The van der Waals surface area contributed by atoms with E-state index >= 15 is 0 Å². The molecule has 3 nitrogen and oxygen atoms in total. The Hall–Kier alpha value is -1.55. The molecule has 0 fully saturated rings. The van der Waals surface area contributed by atoms with Crippen LogP contribution in [-0.4, -0.2) is 23.9 Å². The third-order valence-corrected chi connectivity index (χ3v) is 4.51. The van der Waals surface area contributed by atoms with E-state index in [0.29, 0.717) is 23.0 Å². The number of nitrogen functional groups attached to an aromatic ring is 1. The minimum absolute atomic E-state index is 0.0533. The molecule has 0 aliphatic carbocycles. The van der Waals surface area contributed by atoms with Gasteiger partial charge in [0.1, 0.15) is 4.88 Å². The van der Waals surface area contributed by atoms with Crippen LogP contribution < -0.4 is 5.73 Å². The van der Waals surface area contributed by atoms with Gasteiger partial charge in [0.2, 0.25) is 0 Å². The molecule has 2 rings (SSSR count). The maximum absolute atomic E-state index is 12.6. The van der Waals surface area contributed by atoms with Crippen molar-refractivity contribution in [2.75, 3.05) is 18.8 Å². The molecule has 4 heteroatoms. The van der Waals surface area contributed by atoms with Gasteiger partial charge in [0.05, 0.1) is 5.69 Å². The molecule has 20 heavy (non-hydrogen) atoms. The maximum atomic E-state index is 12.6. The standard InChI is InChI=1S/C16H22N2OS/c1-5-18(9-10(2)3)16(19)15-14(17)12-8-11(4)6-7-13(12)20-15/h6-8,10H,5,9,17H2,1-4H3. The molecular formula is C16H22N2OS. The lowest BCUT2D eigenvalue weighted by atomic mass is 10.1. The molecule has 1 heterocycles. The Balaban J connectivity index is 2.41. The summed E-state index contributed by atoms with van der Waals surface area (Å²) in [5.74, 6) is 0.509. The van der Waals surface area contributed by atoms with Gasteiger partial charge in [-0.15, -0.1) is 11.3 Å². The summed E-state index contributed by atoms with van der Waals surface area (Å²) in [4.78, 5) is 15.2. The van der Waals surface area contributed by atoms with Crippen molar-refractivity contribution in [3.8, 4) is 0 Å². The number of anilines is 1. The molecule has 0 bridgehead atoms. The van der Waals surface area contributed by atoms with Gasteiger partial charge in [-0.3, -0.25) is 4.79 Å². The summed E-state index contributed by atoms with van der Waals surface area (Å²) in [6.07, 6.45) is 0. The Kier molecular flexibility index (Phi) is 4.33. The largest absolute Gasteiger partial charge is 0.397 e. The second kappa shape index (κ2) is 5.83. The molecule has 1 aromatic heterocycles. The van der Waals surface area contributed by atoms with E-state index in [4.69, 9.17) is 5.73 Å². The van der Waals surface area contributed by atoms with Crippen LogP contribution in [0.1, 0.15) is 36.0 Å². The van der Waals surface area contributed by atoms with E-state index in [-0.39, 0.29) is 5.91 Å². The number of fused-ring (bicyclic) bond motifs is 1. The van der Waals surface area contributed by atoms with Gasteiger partial charge in [0.15, 0.2) is 0 Å². The SMILES string of the molecule is CCN(CC(C)C)C(=O)c1sc2ccc(C)cc2c1N. The molecule has 2 N–H and O–H groups in total. The number of thiophene rings is 1. The summed E-state index contributed by atoms with van der Waals surface area (Å²) >= 11 is 1.50. The second-order valence-corrected chi connectivity index (χ2v) is 6.63. The minimum atomic E-state index is 0.0533. The number of carbonyl (C=O) groups is 1. The Morgan fingerprint density at radius 2 is 2.10 bits per heavy atom. The molecule has 1 amide bonds.